The third-order valence-corrected chi connectivity index (χ3v) is 4.51. The van der Waals surface area contributed by atoms with Crippen LogP contribution in [0.4, 0.5) is 0 Å². The van der Waals surface area contributed by atoms with E-state index in [4.69, 9.17) is 62.7 Å². The molecule has 1 aliphatic heterocycles. The number of hydrogen-bond acceptors (Lipinski definition) is 4. The molecular weight excluding hydrogens is 461 g/mol. The molecule has 6 nitrogen and oxygen atoms in total. The van der Waals surface area contributed by atoms with Gasteiger partial charge in [0.25, 0.3) is 5.91 Å². The topological polar surface area (TPSA) is 89.7 Å². The zero-order chi connectivity index (χ0) is 21.2. The minimum Gasteiger partial charge on any atom is -0.499 e. The lowest BCUT2D eigenvalue weighted by Gasteiger charge is -2.25. The Morgan fingerprint density at radius 2 is 1.89 bits per heavy atom. The molecule has 0 spiro atoms. The number of amides is 3. The first-order chi connectivity index (χ1) is 12.4. The van der Waals surface area contributed by atoms with E-state index in [0.717, 1.165) is 4.90 Å². The number of hydrogen-bond donors (Lipinski definition) is 1. The van der Waals surface area contributed by atoms with Crippen molar-refractivity contribution in [1.82, 2.24) is 4.90 Å². The molecule has 3 amide bonds. The molecule has 0 fully saturated rings. The second-order valence-electron chi connectivity index (χ2n) is 5.63. The molecule has 0 saturated heterocycles. The van der Waals surface area contributed by atoms with E-state index in [1.807, 2.05) is 0 Å². The SMILES string of the molecule is CCC(N)=O.COC1=CC(=O)N(C(=O)CCCC(Cl)(Cl)Cl)C1CCC(Cl)Cl. The summed E-state index contributed by atoms with van der Waals surface area (Å²) in [6, 6.07) is -0.488. The summed E-state index contributed by atoms with van der Waals surface area (Å²) in [6.07, 6.45) is 3.30. The van der Waals surface area contributed by atoms with Crippen molar-refractivity contribution in [2.24, 2.45) is 5.73 Å². The quantitative estimate of drug-likeness (QED) is 0.521. The Bertz CT molecular complexity index is 549. The van der Waals surface area contributed by atoms with E-state index in [0.29, 0.717) is 31.4 Å². The van der Waals surface area contributed by atoms with Gasteiger partial charge in [-0.3, -0.25) is 19.3 Å². The van der Waals surface area contributed by atoms with Gasteiger partial charge in [0.15, 0.2) is 3.79 Å². The number of nitrogens with two attached hydrogens (primary N) is 1. The lowest BCUT2D eigenvalue weighted by molar-refractivity contribution is -0.143. The molecule has 0 aromatic carbocycles. The molecule has 0 bridgehead atoms. The van der Waals surface area contributed by atoms with Crippen LogP contribution in [0, 0.1) is 0 Å². The van der Waals surface area contributed by atoms with Crippen molar-refractivity contribution < 1.29 is 19.1 Å². The highest BCUT2D eigenvalue weighted by Crippen LogP contribution is 2.32. The highest BCUT2D eigenvalue weighted by molar-refractivity contribution is 6.67. The molecule has 1 heterocycles. The van der Waals surface area contributed by atoms with E-state index in [2.05, 4.69) is 5.73 Å². The standard InChI is InChI=1S/C13H16Cl5NO3.C3H7NO/c1-22-9-7-12(21)19(8(9)4-5-10(14)15)11(20)3-2-6-13(16,17)18;1-2-3(4)5/h7-8,10H,2-6H2,1H3;2H2,1H3,(H2,4,5). The van der Waals surface area contributed by atoms with Gasteiger partial charge >= 0.3 is 0 Å². The number of alkyl halides is 5. The van der Waals surface area contributed by atoms with Gasteiger partial charge in [-0.1, -0.05) is 41.7 Å². The molecule has 0 saturated carbocycles. The Kier molecular flexibility index (Phi) is 12.7. The number of ether oxygens (including phenoxy) is 1. The molecule has 1 unspecified atom stereocenters. The average Bonchev–Trinajstić information content (AvgIpc) is 2.87. The number of methoxy groups -OCH3 is 1. The largest absolute Gasteiger partial charge is 0.499 e. The van der Waals surface area contributed by atoms with Gasteiger partial charge < -0.3 is 10.5 Å². The molecule has 0 aromatic heterocycles. The fraction of sp³-hybridized carbons (Fsp3) is 0.688. The van der Waals surface area contributed by atoms with Crippen LogP contribution in [0.15, 0.2) is 11.8 Å². The molecule has 11 heteroatoms. The zero-order valence-electron chi connectivity index (χ0n) is 15.0. The Morgan fingerprint density at radius 3 is 2.30 bits per heavy atom. The zero-order valence-corrected chi connectivity index (χ0v) is 18.8. The van der Waals surface area contributed by atoms with E-state index in [9.17, 15) is 14.4 Å². The first-order valence-electron chi connectivity index (χ1n) is 8.17. The molecule has 1 aliphatic rings. The summed E-state index contributed by atoms with van der Waals surface area (Å²) >= 11 is 28.4. The smallest absolute Gasteiger partial charge is 0.257 e. The van der Waals surface area contributed by atoms with Gasteiger partial charge in [0.1, 0.15) is 10.6 Å². The first kappa shape index (κ1) is 26.6. The number of halogens is 5. The van der Waals surface area contributed by atoms with Crippen molar-refractivity contribution in [3.8, 4) is 0 Å². The number of primary amides is 1. The van der Waals surface area contributed by atoms with Crippen LogP contribution in [-0.4, -0.2) is 44.4 Å². The van der Waals surface area contributed by atoms with Crippen molar-refractivity contribution in [2.45, 2.75) is 60.1 Å². The lowest BCUT2D eigenvalue weighted by Crippen LogP contribution is -2.40. The lowest BCUT2D eigenvalue weighted by atomic mass is 10.1. The van der Waals surface area contributed by atoms with E-state index in [-0.39, 0.29) is 24.7 Å². The van der Waals surface area contributed by atoms with Crippen LogP contribution in [-0.2, 0) is 19.1 Å². The summed E-state index contributed by atoms with van der Waals surface area (Å²) in [5, 5.41) is 0. The fourth-order valence-electron chi connectivity index (χ4n) is 2.18. The normalized spacial score (nSPS) is 16.7. The number of carbonyl (C=O) groups is 3. The van der Waals surface area contributed by atoms with Gasteiger partial charge in [-0.05, 0) is 25.7 Å². The third kappa shape index (κ3) is 11.3. The second kappa shape index (κ2) is 12.9. The maximum Gasteiger partial charge on any atom is 0.257 e. The maximum atomic E-state index is 12.3. The number of nitrogens with zero attached hydrogens (tertiary/aromatic N) is 1. The minimum absolute atomic E-state index is 0.103. The molecule has 0 aromatic rings. The second-order valence-corrected chi connectivity index (χ2v) is 9.42. The maximum absolute atomic E-state index is 12.3. The van der Waals surface area contributed by atoms with Gasteiger partial charge in [0.05, 0.1) is 13.2 Å². The Hall–Kier alpha value is -0.400. The summed E-state index contributed by atoms with van der Waals surface area (Å²) in [5.74, 6) is -0.576. The third-order valence-electron chi connectivity index (χ3n) is 3.51. The summed E-state index contributed by atoms with van der Waals surface area (Å²) in [7, 11) is 1.45. The van der Waals surface area contributed by atoms with Crippen LogP contribution < -0.4 is 5.73 Å². The van der Waals surface area contributed by atoms with Crippen LogP contribution in [0.3, 0.4) is 0 Å². The summed E-state index contributed by atoms with van der Waals surface area (Å²) in [5.41, 5.74) is 4.65. The highest BCUT2D eigenvalue weighted by atomic mass is 35.6. The molecule has 1 atom stereocenters. The van der Waals surface area contributed by atoms with E-state index in [1.165, 1.54) is 13.2 Å². The van der Waals surface area contributed by atoms with Crippen molar-refractivity contribution in [3.63, 3.8) is 0 Å². The number of carbonyl (C=O) groups excluding carboxylic acids is 3. The summed E-state index contributed by atoms with van der Waals surface area (Å²) in [4.78, 5) is 34.5. The molecule has 0 aliphatic carbocycles. The van der Waals surface area contributed by atoms with Gasteiger partial charge in [0.2, 0.25) is 11.8 Å². The predicted molar refractivity (Wildman–Crippen MR) is 109 cm³/mol. The molecule has 2 N–H and O–H groups in total. The van der Waals surface area contributed by atoms with Crippen molar-refractivity contribution in [2.75, 3.05) is 7.11 Å². The molecule has 156 valence electrons. The summed E-state index contributed by atoms with van der Waals surface area (Å²) < 4.78 is 3.75. The van der Waals surface area contributed by atoms with Crippen LogP contribution in [0.5, 0.6) is 0 Å². The van der Waals surface area contributed by atoms with E-state index < -0.39 is 20.6 Å². The Morgan fingerprint density at radius 1 is 1.33 bits per heavy atom. The van der Waals surface area contributed by atoms with Gasteiger partial charge in [0, 0.05) is 18.9 Å². The monoisotopic (exact) mass is 482 g/mol. The molecular formula is C16H23Cl5N2O4. The van der Waals surface area contributed by atoms with Crippen LogP contribution in [0.1, 0.15) is 45.4 Å². The molecule has 27 heavy (non-hydrogen) atoms. The van der Waals surface area contributed by atoms with Crippen molar-refractivity contribution >= 4 is 75.7 Å². The average molecular weight is 485 g/mol. The minimum atomic E-state index is -1.41. The predicted octanol–water partition coefficient (Wildman–Crippen LogP) is 4.26. The first-order valence-corrected chi connectivity index (χ1v) is 10.2. The molecule has 0 radical (unpaired) electrons. The Labute approximate surface area is 184 Å². The van der Waals surface area contributed by atoms with Crippen molar-refractivity contribution in [1.29, 1.82) is 0 Å². The molecule has 1 rings (SSSR count). The summed E-state index contributed by atoms with van der Waals surface area (Å²) in [6.45, 7) is 1.72. The Balaban J connectivity index is 0.00000119. The van der Waals surface area contributed by atoms with Gasteiger partial charge in [-0.2, -0.15) is 0 Å². The van der Waals surface area contributed by atoms with Crippen molar-refractivity contribution in [3.05, 3.63) is 11.8 Å². The number of rotatable bonds is 8. The van der Waals surface area contributed by atoms with Gasteiger partial charge in [-0.25, -0.2) is 0 Å². The fourth-order valence-corrected chi connectivity index (χ4v) is 2.83. The van der Waals surface area contributed by atoms with Crippen LogP contribution in [0.2, 0.25) is 0 Å². The number of imide groups is 1. The highest BCUT2D eigenvalue weighted by Gasteiger charge is 2.38. The van der Waals surface area contributed by atoms with E-state index in [1.54, 1.807) is 6.92 Å². The van der Waals surface area contributed by atoms with E-state index >= 15 is 0 Å². The van der Waals surface area contributed by atoms with Gasteiger partial charge in [-0.15, -0.1) is 23.2 Å². The van der Waals surface area contributed by atoms with Crippen LogP contribution in [0.25, 0.3) is 0 Å². The van der Waals surface area contributed by atoms with Crippen LogP contribution >= 0.6 is 58.0 Å².